The number of nitrogens with one attached hydrogen (secondary N) is 1. The van der Waals surface area contributed by atoms with Crippen LogP contribution in [0.4, 0.5) is 11.4 Å². The Morgan fingerprint density at radius 1 is 0.875 bits per heavy atom. The topological polar surface area (TPSA) is 59.1 Å². The van der Waals surface area contributed by atoms with Crippen LogP contribution in [-0.2, 0) is 9.84 Å². The number of anilines is 2. The lowest BCUT2D eigenvalue weighted by Crippen LogP contribution is -1.96. The summed E-state index contributed by atoms with van der Waals surface area (Å²) in [6.45, 7) is 0. The van der Waals surface area contributed by atoms with Crippen LogP contribution < -0.4 is 5.32 Å². The van der Waals surface area contributed by atoms with E-state index in [2.05, 4.69) is 10.3 Å². The molecule has 0 saturated heterocycles. The van der Waals surface area contributed by atoms with Crippen LogP contribution >= 0.6 is 11.6 Å². The highest BCUT2D eigenvalue weighted by molar-refractivity contribution is 7.90. The lowest BCUT2D eigenvalue weighted by molar-refractivity contribution is 0.602. The van der Waals surface area contributed by atoms with Crippen LogP contribution in [-0.4, -0.2) is 19.7 Å². The largest absolute Gasteiger partial charge is 0.354 e. The Morgan fingerprint density at radius 3 is 2.17 bits per heavy atom. The predicted octanol–water partition coefficient (Wildman–Crippen LogP) is 4.55. The average molecular weight is 359 g/mol. The number of sulfone groups is 1. The molecular formula is C18H15ClN2O2S. The minimum Gasteiger partial charge on any atom is -0.354 e. The van der Waals surface area contributed by atoms with Gasteiger partial charge in [0.1, 0.15) is 0 Å². The number of hydrogen-bond donors (Lipinski definition) is 1. The Bertz CT molecular complexity index is 953. The van der Waals surface area contributed by atoms with Crippen molar-refractivity contribution >= 4 is 32.8 Å². The first-order valence-corrected chi connectivity index (χ1v) is 9.47. The normalized spacial score (nSPS) is 11.2. The first kappa shape index (κ1) is 16.5. The van der Waals surface area contributed by atoms with Gasteiger partial charge in [-0.05, 0) is 48.0 Å². The molecule has 2 aromatic carbocycles. The van der Waals surface area contributed by atoms with Crippen LogP contribution in [0, 0.1) is 0 Å². The van der Waals surface area contributed by atoms with Crippen molar-refractivity contribution < 1.29 is 8.42 Å². The molecule has 6 heteroatoms. The van der Waals surface area contributed by atoms with Gasteiger partial charge in [0.2, 0.25) is 0 Å². The maximum Gasteiger partial charge on any atom is 0.175 e. The molecule has 4 nitrogen and oxygen atoms in total. The molecule has 1 N–H and O–H groups in total. The molecule has 0 radical (unpaired) electrons. The highest BCUT2D eigenvalue weighted by Gasteiger charge is 2.07. The van der Waals surface area contributed by atoms with Crippen molar-refractivity contribution in [3.63, 3.8) is 0 Å². The van der Waals surface area contributed by atoms with E-state index in [9.17, 15) is 8.42 Å². The maximum atomic E-state index is 11.5. The molecule has 0 aliphatic rings. The van der Waals surface area contributed by atoms with Crippen molar-refractivity contribution in [1.29, 1.82) is 0 Å². The van der Waals surface area contributed by atoms with E-state index in [0.717, 1.165) is 22.5 Å². The third kappa shape index (κ3) is 3.93. The van der Waals surface area contributed by atoms with Crippen molar-refractivity contribution in [2.45, 2.75) is 4.90 Å². The molecule has 0 unspecified atom stereocenters. The van der Waals surface area contributed by atoms with Crippen molar-refractivity contribution in [3.8, 4) is 11.1 Å². The predicted molar refractivity (Wildman–Crippen MR) is 97.5 cm³/mol. The minimum absolute atomic E-state index is 0.301. The number of nitrogens with zero attached hydrogens (tertiary/aromatic N) is 1. The van der Waals surface area contributed by atoms with Gasteiger partial charge in [0.15, 0.2) is 9.84 Å². The van der Waals surface area contributed by atoms with Crippen molar-refractivity contribution in [3.05, 3.63) is 72.0 Å². The summed E-state index contributed by atoms with van der Waals surface area (Å²) in [5, 5.41) is 3.94. The van der Waals surface area contributed by atoms with Gasteiger partial charge in [-0.2, -0.15) is 0 Å². The van der Waals surface area contributed by atoms with Crippen molar-refractivity contribution in [2.75, 3.05) is 11.6 Å². The van der Waals surface area contributed by atoms with Crippen LogP contribution in [0.1, 0.15) is 0 Å². The highest BCUT2D eigenvalue weighted by atomic mass is 35.5. The van der Waals surface area contributed by atoms with Crippen LogP contribution in [0.5, 0.6) is 0 Å². The van der Waals surface area contributed by atoms with E-state index in [1.54, 1.807) is 36.7 Å². The zero-order chi connectivity index (χ0) is 17.2. The number of halogens is 1. The molecule has 0 bridgehead atoms. The summed E-state index contributed by atoms with van der Waals surface area (Å²) in [7, 11) is -3.19. The van der Waals surface area contributed by atoms with Crippen LogP contribution in [0.2, 0.25) is 5.02 Å². The van der Waals surface area contributed by atoms with Gasteiger partial charge in [0.25, 0.3) is 0 Å². The summed E-state index contributed by atoms with van der Waals surface area (Å²) in [5.41, 5.74) is 3.54. The van der Waals surface area contributed by atoms with E-state index in [1.807, 2.05) is 30.3 Å². The second-order valence-corrected chi connectivity index (χ2v) is 7.84. The van der Waals surface area contributed by atoms with Gasteiger partial charge in [-0.25, -0.2) is 8.42 Å². The summed E-state index contributed by atoms with van der Waals surface area (Å²) >= 11 is 5.88. The van der Waals surface area contributed by atoms with E-state index >= 15 is 0 Å². The summed E-state index contributed by atoms with van der Waals surface area (Å²) in [4.78, 5) is 4.54. The first-order chi connectivity index (χ1) is 11.4. The molecule has 0 spiro atoms. The van der Waals surface area contributed by atoms with E-state index in [1.165, 1.54) is 6.26 Å². The van der Waals surface area contributed by atoms with Gasteiger partial charge in [-0.3, -0.25) is 4.98 Å². The number of hydrogen-bond acceptors (Lipinski definition) is 4. The number of aromatic nitrogens is 1. The molecule has 122 valence electrons. The summed E-state index contributed by atoms with van der Waals surface area (Å²) in [5.74, 6) is 0. The molecule has 0 fully saturated rings. The van der Waals surface area contributed by atoms with Gasteiger partial charge in [0, 0.05) is 28.7 Å². The van der Waals surface area contributed by atoms with E-state index < -0.39 is 9.84 Å². The molecule has 0 amide bonds. The zero-order valence-electron chi connectivity index (χ0n) is 12.9. The molecule has 24 heavy (non-hydrogen) atoms. The fourth-order valence-electron chi connectivity index (χ4n) is 2.26. The quantitative estimate of drug-likeness (QED) is 0.743. The van der Waals surface area contributed by atoms with Crippen molar-refractivity contribution in [2.24, 2.45) is 0 Å². The lowest BCUT2D eigenvalue weighted by atomic mass is 10.1. The van der Waals surface area contributed by atoms with Gasteiger partial charge < -0.3 is 5.32 Å². The second kappa shape index (κ2) is 6.63. The third-order valence-corrected chi connectivity index (χ3v) is 4.87. The summed E-state index contributed by atoms with van der Waals surface area (Å²) in [6.07, 6.45) is 4.66. The van der Waals surface area contributed by atoms with E-state index in [0.29, 0.717) is 9.92 Å². The molecule has 3 aromatic rings. The standard InChI is InChI=1S/C18H15ClN2O2S/c1-24(22,23)18-8-2-13(3-9-18)14-10-17(12-20-11-14)21-16-6-4-15(19)5-7-16/h2-12,21H,1H3. The Hall–Kier alpha value is -2.37. The van der Waals surface area contributed by atoms with Gasteiger partial charge in [-0.15, -0.1) is 0 Å². The second-order valence-electron chi connectivity index (χ2n) is 5.39. The molecular weight excluding hydrogens is 344 g/mol. The fourth-order valence-corrected chi connectivity index (χ4v) is 3.02. The first-order valence-electron chi connectivity index (χ1n) is 7.20. The zero-order valence-corrected chi connectivity index (χ0v) is 14.5. The number of rotatable bonds is 4. The molecule has 0 aliphatic carbocycles. The molecule has 0 atom stereocenters. The third-order valence-electron chi connectivity index (χ3n) is 3.49. The van der Waals surface area contributed by atoms with Crippen LogP contribution in [0.3, 0.4) is 0 Å². The molecule has 0 saturated carbocycles. The van der Waals surface area contributed by atoms with E-state index in [4.69, 9.17) is 11.6 Å². The molecule has 3 rings (SSSR count). The molecule has 1 heterocycles. The SMILES string of the molecule is CS(=O)(=O)c1ccc(-c2cncc(Nc3ccc(Cl)cc3)c2)cc1. The molecule has 1 aromatic heterocycles. The van der Waals surface area contributed by atoms with Gasteiger partial charge in [0.05, 0.1) is 16.8 Å². The highest BCUT2D eigenvalue weighted by Crippen LogP contribution is 2.25. The Labute approximate surface area is 146 Å². The monoisotopic (exact) mass is 358 g/mol. The number of benzene rings is 2. The summed E-state index contributed by atoms with van der Waals surface area (Å²) in [6, 6.07) is 16.1. The molecule has 0 aliphatic heterocycles. The van der Waals surface area contributed by atoms with Crippen LogP contribution in [0.25, 0.3) is 11.1 Å². The fraction of sp³-hybridized carbons (Fsp3) is 0.0556. The maximum absolute atomic E-state index is 11.5. The Kier molecular flexibility index (Phi) is 4.55. The minimum atomic E-state index is -3.19. The van der Waals surface area contributed by atoms with Crippen LogP contribution in [0.15, 0.2) is 71.9 Å². The van der Waals surface area contributed by atoms with Gasteiger partial charge in [-0.1, -0.05) is 23.7 Å². The summed E-state index contributed by atoms with van der Waals surface area (Å²) < 4.78 is 23.1. The van der Waals surface area contributed by atoms with Crippen molar-refractivity contribution in [1.82, 2.24) is 4.98 Å². The average Bonchev–Trinajstić information content (AvgIpc) is 2.57. The van der Waals surface area contributed by atoms with E-state index in [-0.39, 0.29) is 0 Å². The lowest BCUT2D eigenvalue weighted by Gasteiger charge is -2.09. The number of pyridine rings is 1. The Balaban J connectivity index is 1.86. The smallest absolute Gasteiger partial charge is 0.175 e. The van der Waals surface area contributed by atoms with Gasteiger partial charge >= 0.3 is 0 Å². The Morgan fingerprint density at radius 2 is 1.54 bits per heavy atom.